The second kappa shape index (κ2) is 3.75. The van der Waals surface area contributed by atoms with Crippen LogP contribution in [0.4, 0.5) is 0 Å². The zero-order valence-corrected chi connectivity index (χ0v) is 8.27. The quantitative estimate of drug-likeness (QED) is 0.674. The number of rotatable bonds is 4. The lowest BCUT2D eigenvalue weighted by Gasteiger charge is -2.20. The van der Waals surface area contributed by atoms with Gasteiger partial charge < -0.3 is 10.8 Å². The number of aryl methyl sites for hydroxylation is 1. The zero-order valence-electron chi connectivity index (χ0n) is 8.27. The summed E-state index contributed by atoms with van der Waals surface area (Å²) in [6, 6.07) is 0. The van der Waals surface area contributed by atoms with Crippen molar-refractivity contribution >= 4 is 5.97 Å². The number of hydrogen-bond donors (Lipinski definition) is 2. The van der Waals surface area contributed by atoms with E-state index in [9.17, 15) is 4.79 Å². The summed E-state index contributed by atoms with van der Waals surface area (Å²) in [5, 5.41) is 16.5. The van der Waals surface area contributed by atoms with E-state index in [1.165, 1.54) is 4.68 Å². The van der Waals surface area contributed by atoms with E-state index in [-0.39, 0.29) is 6.54 Å². The van der Waals surface area contributed by atoms with Gasteiger partial charge in [-0.1, -0.05) is 5.21 Å². The van der Waals surface area contributed by atoms with Gasteiger partial charge in [0.1, 0.15) is 0 Å². The number of hydrogen-bond acceptors (Lipinski definition) is 4. The molecule has 1 rings (SSSR count). The van der Waals surface area contributed by atoms with Gasteiger partial charge in [-0.15, -0.1) is 5.10 Å². The second-order valence-corrected chi connectivity index (χ2v) is 3.63. The van der Waals surface area contributed by atoms with Gasteiger partial charge in [0, 0.05) is 26.2 Å². The van der Waals surface area contributed by atoms with Crippen molar-refractivity contribution in [2.45, 2.75) is 13.3 Å². The minimum atomic E-state index is -0.962. The van der Waals surface area contributed by atoms with Crippen LogP contribution in [0.3, 0.4) is 0 Å². The predicted molar refractivity (Wildman–Crippen MR) is 49.5 cm³/mol. The van der Waals surface area contributed by atoms with Crippen LogP contribution in [0.1, 0.15) is 12.6 Å². The first-order chi connectivity index (χ1) is 6.48. The maximum atomic E-state index is 10.9. The zero-order chi connectivity index (χ0) is 10.8. The first-order valence-electron chi connectivity index (χ1n) is 4.26. The van der Waals surface area contributed by atoms with Crippen LogP contribution >= 0.6 is 0 Å². The maximum absolute atomic E-state index is 10.9. The molecule has 0 spiro atoms. The third-order valence-electron chi connectivity index (χ3n) is 2.19. The van der Waals surface area contributed by atoms with Gasteiger partial charge in [-0.25, -0.2) is 0 Å². The van der Waals surface area contributed by atoms with E-state index in [1.807, 2.05) is 0 Å². The highest BCUT2D eigenvalue weighted by molar-refractivity contribution is 5.74. The number of aromatic nitrogens is 3. The average Bonchev–Trinajstić information content (AvgIpc) is 2.50. The molecule has 0 amide bonds. The van der Waals surface area contributed by atoms with E-state index in [2.05, 4.69) is 10.3 Å². The normalized spacial score (nSPS) is 15.1. The van der Waals surface area contributed by atoms with Crippen molar-refractivity contribution in [3.8, 4) is 0 Å². The molecule has 78 valence electrons. The first kappa shape index (κ1) is 10.6. The van der Waals surface area contributed by atoms with Crippen LogP contribution in [0, 0.1) is 5.41 Å². The van der Waals surface area contributed by atoms with E-state index in [0.717, 1.165) is 0 Å². The number of carbonyl (C=O) groups is 1. The molecule has 0 aliphatic heterocycles. The molecule has 1 aromatic heterocycles. The monoisotopic (exact) mass is 198 g/mol. The van der Waals surface area contributed by atoms with Gasteiger partial charge in [-0.05, 0) is 6.92 Å². The van der Waals surface area contributed by atoms with Gasteiger partial charge in [0.15, 0.2) is 0 Å². The molecule has 1 heterocycles. The Labute approximate surface area is 81.7 Å². The van der Waals surface area contributed by atoms with E-state index >= 15 is 0 Å². The molecule has 0 bridgehead atoms. The molecule has 0 saturated heterocycles. The number of nitrogens with two attached hydrogens (primary N) is 1. The summed E-state index contributed by atoms with van der Waals surface area (Å²) in [5.41, 5.74) is 5.11. The Bertz CT molecular complexity index is 336. The molecule has 0 radical (unpaired) electrons. The van der Waals surface area contributed by atoms with Crippen molar-refractivity contribution in [1.29, 1.82) is 0 Å². The van der Waals surface area contributed by atoms with E-state index < -0.39 is 11.4 Å². The average molecular weight is 198 g/mol. The highest BCUT2D eigenvalue weighted by Crippen LogP contribution is 2.19. The summed E-state index contributed by atoms with van der Waals surface area (Å²) in [6.45, 7) is 1.68. The Morgan fingerprint density at radius 2 is 2.43 bits per heavy atom. The molecule has 0 aliphatic rings. The summed E-state index contributed by atoms with van der Waals surface area (Å²) in [5.74, 6) is -0.911. The summed E-state index contributed by atoms with van der Waals surface area (Å²) in [4.78, 5) is 10.9. The highest BCUT2D eigenvalue weighted by Gasteiger charge is 2.32. The fourth-order valence-electron chi connectivity index (χ4n) is 1.11. The Balaban J connectivity index is 2.80. The Morgan fingerprint density at radius 3 is 2.79 bits per heavy atom. The van der Waals surface area contributed by atoms with Gasteiger partial charge in [-0.3, -0.25) is 9.48 Å². The first-order valence-corrected chi connectivity index (χ1v) is 4.26. The van der Waals surface area contributed by atoms with Crippen molar-refractivity contribution in [2.24, 2.45) is 18.2 Å². The largest absolute Gasteiger partial charge is 0.481 e. The summed E-state index contributed by atoms with van der Waals surface area (Å²) in [6.07, 6.45) is 1.99. The van der Waals surface area contributed by atoms with Crippen LogP contribution in [0.5, 0.6) is 0 Å². The smallest absolute Gasteiger partial charge is 0.311 e. The minimum absolute atomic E-state index is 0.0822. The lowest BCUT2D eigenvalue weighted by atomic mass is 9.86. The molecule has 0 aliphatic carbocycles. The topological polar surface area (TPSA) is 94.0 Å². The van der Waals surface area contributed by atoms with Crippen LogP contribution < -0.4 is 5.73 Å². The summed E-state index contributed by atoms with van der Waals surface area (Å²) >= 11 is 0. The van der Waals surface area contributed by atoms with Crippen LogP contribution in [0.25, 0.3) is 0 Å². The fourth-order valence-corrected chi connectivity index (χ4v) is 1.11. The predicted octanol–water partition coefficient (Wildman–Crippen LogP) is -0.593. The van der Waals surface area contributed by atoms with Crippen molar-refractivity contribution < 1.29 is 9.90 Å². The third kappa shape index (κ3) is 2.08. The van der Waals surface area contributed by atoms with Crippen LogP contribution in [-0.2, 0) is 18.3 Å². The van der Waals surface area contributed by atoms with Gasteiger partial charge >= 0.3 is 5.97 Å². The molecule has 0 fully saturated rings. The molecule has 6 nitrogen and oxygen atoms in total. The SMILES string of the molecule is Cn1cc(CC(C)(CN)C(=O)O)nn1. The number of aliphatic carboxylic acids is 1. The van der Waals surface area contributed by atoms with Crippen LogP contribution in [0.2, 0.25) is 0 Å². The van der Waals surface area contributed by atoms with Crippen molar-refractivity contribution in [3.05, 3.63) is 11.9 Å². The maximum Gasteiger partial charge on any atom is 0.311 e. The number of carboxylic acids is 1. The van der Waals surface area contributed by atoms with Crippen molar-refractivity contribution in [2.75, 3.05) is 6.54 Å². The standard InChI is InChI=1S/C8H14N4O2/c1-8(5-9,7(13)14)3-6-4-12(2)11-10-6/h4H,3,5,9H2,1-2H3,(H,13,14). The molecule has 0 saturated carbocycles. The fraction of sp³-hybridized carbons (Fsp3) is 0.625. The molecule has 0 aromatic carbocycles. The summed E-state index contributed by atoms with van der Waals surface area (Å²) < 4.78 is 1.54. The van der Waals surface area contributed by atoms with Gasteiger partial charge in [0.25, 0.3) is 0 Å². The molecule has 1 aromatic rings. The number of nitrogens with zero attached hydrogens (tertiary/aromatic N) is 3. The van der Waals surface area contributed by atoms with Crippen LogP contribution in [-0.4, -0.2) is 32.6 Å². The molecule has 6 heteroatoms. The molecule has 1 atom stereocenters. The van der Waals surface area contributed by atoms with Gasteiger partial charge in [-0.2, -0.15) is 0 Å². The third-order valence-corrected chi connectivity index (χ3v) is 2.19. The molecule has 3 N–H and O–H groups in total. The van der Waals surface area contributed by atoms with Crippen LogP contribution in [0.15, 0.2) is 6.20 Å². The summed E-state index contributed by atoms with van der Waals surface area (Å²) in [7, 11) is 1.73. The van der Waals surface area contributed by atoms with E-state index in [0.29, 0.717) is 12.1 Å². The highest BCUT2D eigenvalue weighted by atomic mass is 16.4. The lowest BCUT2D eigenvalue weighted by molar-refractivity contribution is -0.147. The molecule has 14 heavy (non-hydrogen) atoms. The van der Waals surface area contributed by atoms with Crippen molar-refractivity contribution in [1.82, 2.24) is 15.0 Å². The molecular weight excluding hydrogens is 184 g/mol. The molecular formula is C8H14N4O2. The Morgan fingerprint density at radius 1 is 1.79 bits per heavy atom. The van der Waals surface area contributed by atoms with Crippen molar-refractivity contribution in [3.63, 3.8) is 0 Å². The Kier molecular flexibility index (Phi) is 2.85. The Hall–Kier alpha value is -1.43. The van der Waals surface area contributed by atoms with Gasteiger partial charge in [0.05, 0.1) is 11.1 Å². The van der Waals surface area contributed by atoms with E-state index in [1.54, 1.807) is 20.2 Å². The molecule has 1 unspecified atom stereocenters. The second-order valence-electron chi connectivity index (χ2n) is 3.63. The number of carboxylic acid groups (broad SMARTS) is 1. The lowest BCUT2D eigenvalue weighted by Crippen LogP contribution is -2.37. The minimum Gasteiger partial charge on any atom is -0.481 e. The van der Waals surface area contributed by atoms with E-state index in [4.69, 9.17) is 10.8 Å². The van der Waals surface area contributed by atoms with Gasteiger partial charge in [0.2, 0.25) is 0 Å².